The molecule has 0 bridgehead atoms. The van der Waals surface area contributed by atoms with E-state index in [2.05, 4.69) is 24.9 Å². The molecule has 0 fully saturated rings. The first-order valence-electron chi connectivity index (χ1n) is 4.91. The molecule has 0 aliphatic carbocycles. The Kier molecular flexibility index (Phi) is 2.68. The minimum absolute atomic E-state index is 0.818. The molecule has 0 saturated heterocycles. The van der Waals surface area contributed by atoms with E-state index in [4.69, 9.17) is 4.74 Å². The van der Waals surface area contributed by atoms with Gasteiger partial charge in [0.15, 0.2) is 0 Å². The van der Waals surface area contributed by atoms with E-state index < -0.39 is 0 Å². The Bertz CT molecular complexity index is 451. The Morgan fingerprint density at radius 2 is 1.73 bits per heavy atom. The van der Waals surface area contributed by atoms with E-state index in [9.17, 15) is 0 Å². The zero-order valence-electron chi connectivity index (χ0n) is 8.90. The smallest absolute Gasteiger partial charge is 0.130 e. The zero-order valence-corrected chi connectivity index (χ0v) is 8.90. The lowest BCUT2D eigenvalue weighted by Crippen LogP contribution is -1.89. The van der Waals surface area contributed by atoms with E-state index in [-0.39, 0.29) is 0 Å². The average molecular weight is 199 g/mol. The number of nitrogens with zero attached hydrogens (tertiary/aromatic N) is 1. The predicted octanol–water partition coefficient (Wildman–Crippen LogP) is 3.49. The molecule has 15 heavy (non-hydrogen) atoms. The maximum atomic E-state index is 5.75. The molecule has 0 atom stereocenters. The first-order valence-corrected chi connectivity index (χ1v) is 4.91. The van der Waals surface area contributed by atoms with E-state index in [0.717, 1.165) is 11.5 Å². The highest BCUT2D eigenvalue weighted by Crippen LogP contribution is 2.25. The van der Waals surface area contributed by atoms with Gasteiger partial charge in [-0.2, -0.15) is 0 Å². The molecule has 0 radical (unpaired) electrons. The monoisotopic (exact) mass is 199 g/mol. The van der Waals surface area contributed by atoms with Gasteiger partial charge in [-0.05, 0) is 43.2 Å². The fraction of sp³-hybridized carbons (Fsp3) is 0.154. The summed E-state index contributed by atoms with van der Waals surface area (Å²) < 4.78 is 5.75. The predicted molar refractivity (Wildman–Crippen MR) is 60.2 cm³/mol. The SMILES string of the molecule is Cc1cccc(Oc2ccncc2)c1C. The van der Waals surface area contributed by atoms with Crippen LogP contribution in [-0.2, 0) is 0 Å². The summed E-state index contributed by atoms with van der Waals surface area (Å²) in [7, 11) is 0. The van der Waals surface area contributed by atoms with E-state index in [1.165, 1.54) is 11.1 Å². The summed E-state index contributed by atoms with van der Waals surface area (Å²) in [4.78, 5) is 3.95. The molecule has 1 aromatic carbocycles. The van der Waals surface area contributed by atoms with Gasteiger partial charge in [0.05, 0.1) is 0 Å². The number of rotatable bonds is 2. The molecular weight excluding hydrogens is 186 g/mol. The molecule has 2 aromatic rings. The first kappa shape index (κ1) is 9.71. The molecule has 2 rings (SSSR count). The van der Waals surface area contributed by atoms with E-state index in [1.807, 2.05) is 24.3 Å². The maximum absolute atomic E-state index is 5.75. The third kappa shape index (κ3) is 2.15. The lowest BCUT2D eigenvalue weighted by atomic mass is 10.1. The van der Waals surface area contributed by atoms with Gasteiger partial charge < -0.3 is 4.74 Å². The van der Waals surface area contributed by atoms with Gasteiger partial charge in [0, 0.05) is 12.4 Å². The average Bonchev–Trinajstić information content (AvgIpc) is 2.26. The second-order valence-corrected chi connectivity index (χ2v) is 3.48. The van der Waals surface area contributed by atoms with Gasteiger partial charge in [-0.1, -0.05) is 12.1 Å². The summed E-state index contributed by atoms with van der Waals surface area (Å²) in [5.74, 6) is 1.72. The maximum Gasteiger partial charge on any atom is 0.130 e. The molecule has 0 amide bonds. The highest BCUT2D eigenvalue weighted by Gasteiger charge is 2.02. The van der Waals surface area contributed by atoms with Crippen molar-refractivity contribution in [2.45, 2.75) is 13.8 Å². The van der Waals surface area contributed by atoms with Crippen molar-refractivity contribution in [2.24, 2.45) is 0 Å². The van der Waals surface area contributed by atoms with Crippen LogP contribution in [0.15, 0.2) is 42.7 Å². The van der Waals surface area contributed by atoms with Crippen LogP contribution >= 0.6 is 0 Å². The van der Waals surface area contributed by atoms with Crippen LogP contribution in [0.4, 0.5) is 0 Å². The largest absolute Gasteiger partial charge is 0.457 e. The molecule has 0 aliphatic heterocycles. The van der Waals surface area contributed by atoms with Gasteiger partial charge in [-0.3, -0.25) is 4.98 Å². The van der Waals surface area contributed by atoms with Gasteiger partial charge in [-0.15, -0.1) is 0 Å². The van der Waals surface area contributed by atoms with Gasteiger partial charge in [0.25, 0.3) is 0 Å². The molecule has 2 nitrogen and oxygen atoms in total. The van der Waals surface area contributed by atoms with E-state index >= 15 is 0 Å². The molecule has 0 spiro atoms. The Labute approximate surface area is 89.6 Å². The number of aryl methyl sites for hydroxylation is 1. The molecule has 1 heterocycles. The molecule has 76 valence electrons. The standard InChI is InChI=1S/C13H13NO/c1-10-4-3-5-13(11(10)2)15-12-6-8-14-9-7-12/h3-9H,1-2H3. The summed E-state index contributed by atoms with van der Waals surface area (Å²) in [6.07, 6.45) is 3.45. The lowest BCUT2D eigenvalue weighted by Gasteiger charge is -2.09. The molecule has 2 heteroatoms. The van der Waals surface area contributed by atoms with Crippen molar-refractivity contribution < 1.29 is 4.74 Å². The third-order valence-corrected chi connectivity index (χ3v) is 2.43. The van der Waals surface area contributed by atoms with Gasteiger partial charge >= 0.3 is 0 Å². The van der Waals surface area contributed by atoms with E-state index in [0.29, 0.717) is 0 Å². The van der Waals surface area contributed by atoms with Crippen molar-refractivity contribution in [1.82, 2.24) is 4.98 Å². The normalized spacial score (nSPS) is 10.0. The van der Waals surface area contributed by atoms with Crippen molar-refractivity contribution in [3.05, 3.63) is 53.9 Å². The Morgan fingerprint density at radius 1 is 1.00 bits per heavy atom. The van der Waals surface area contributed by atoms with Gasteiger partial charge in [0.1, 0.15) is 11.5 Å². The summed E-state index contributed by atoms with van der Waals surface area (Å²) in [5, 5.41) is 0. The number of hydrogen-bond acceptors (Lipinski definition) is 2. The fourth-order valence-corrected chi connectivity index (χ4v) is 1.37. The molecular formula is C13H13NO. The highest BCUT2D eigenvalue weighted by molar-refractivity contribution is 5.40. The van der Waals surface area contributed by atoms with Crippen LogP contribution in [0, 0.1) is 13.8 Å². The minimum Gasteiger partial charge on any atom is -0.457 e. The molecule has 0 N–H and O–H groups in total. The summed E-state index contributed by atoms with van der Waals surface area (Å²) in [6.45, 7) is 4.14. The topological polar surface area (TPSA) is 22.1 Å². The van der Waals surface area contributed by atoms with Crippen LogP contribution in [0.25, 0.3) is 0 Å². The van der Waals surface area contributed by atoms with Crippen LogP contribution in [0.3, 0.4) is 0 Å². The second-order valence-electron chi connectivity index (χ2n) is 3.48. The van der Waals surface area contributed by atoms with Crippen LogP contribution in [-0.4, -0.2) is 4.98 Å². The lowest BCUT2D eigenvalue weighted by molar-refractivity contribution is 0.477. The van der Waals surface area contributed by atoms with Crippen LogP contribution in [0.1, 0.15) is 11.1 Å². The quantitative estimate of drug-likeness (QED) is 0.738. The van der Waals surface area contributed by atoms with Gasteiger partial charge in [-0.25, -0.2) is 0 Å². The number of aromatic nitrogens is 1. The second kappa shape index (κ2) is 4.13. The van der Waals surface area contributed by atoms with Crippen molar-refractivity contribution in [3.8, 4) is 11.5 Å². The Balaban J connectivity index is 2.29. The number of benzene rings is 1. The van der Waals surface area contributed by atoms with Crippen molar-refractivity contribution in [3.63, 3.8) is 0 Å². The first-order chi connectivity index (χ1) is 7.27. The zero-order chi connectivity index (χ0) is 10.7. The summed E-state index contributed by atoms with van der Waals surface area (Å²) >= 11 is 0. The summed E-state index contributed by atoms with van der Waals surface area (Å²) in [6, 6.07) is 9.75. The van der Waals surface area contributed by atoms with Crippen LogP contribution in [0.2, 0.25) is 0 Å². The molecule has 0 saturated carbocycles. The minimum atomic E-state index is 0.818. The molecule has 0 aliphatic rings. The highest BCUT2D eigenvalue weighted by atomic mass is 16.5. The Morgan fingerprint density at radius 3 is 2.47 bits per heavy atom. The van der Waals surface area contributed by atoms with Gasteiger partial charge in [0.2, 0.25) is 0 Å². The number of hydrogen-bond donors (Lipinski definition) is 0. The van der Waals surface area contributed by atoms with Crippen molar-refractivity contribution >= 4 is 0 Å². The fourth-order valence-electron chi connectivity index (χ4n) is 1.37. The van der Waals surface area contributed by atoms with Crippen molar-refractivity contribution in [1.29, 1.82) is 0 Å². The number of ether oxygens (including phenoxy) is 1. The van der Waals surface area contributed by atoms with Crippen molar-refractivity contribution in [2.75, 3.05) is 0 Å². The summed E-state index contributed by atoms with van der Waals surface area (Å²) in [5.41, 5.74) is 2.41. The number of pyridine rings is 1. The molecule has 1 aromatic heterocycles. The third-order valence-electron chi connectivity index (χ3n) is 2.43. The molecule has 0 unspecified atom stereocenters. The van der Waals surface area contributed by atoms with E-state index in [1.54, 1.807) is 12.4 Å². The van der Waals surface area contributed by atoms with Crippen LogP contribution < -0.4 is 4.74 Å². The Hall–Kier alpha value is -1.83. The van der Waals surface area contributed by atoms with Crippen LogP contribution in [0.5, 0.6) is 11.5 Å².